The van der Waals surface area contributed by atoms with Gasteiger partial charge in [-0.2, -0.15) is 0 Å². The van der Waals surface area contributed by atoms with Gasteiger partial charge in [0.15, 0.2) is 0 Å². The van der Waals surface area contributed by atoms with Crippen molar-refractivity contribution in [2.24, 2.45) is 0 Å². The fraction of sp³-hybridized carbons (Fsp3) is 0.438. The van der Waals surface area contributed by atoms with Crippen LogP contribution in [0.5, 0.6) is 0 Å². The zero-order valence-corrected chi connectivity index (χ0v) is 13.1. The molecule has 1 saturated heterocycles. The lowest BCUT2D eigenvalue weighted by molar-refractivity contribution is -0.126. The quantitative estimate of drug-likeness (QED) is 0.838. The molecule has 108 valence electrons. The van der Waals surface area contributed by atoms with E-state index in [-0.39, 0.29) is 12.5 Å². The van der Waals surface area contributed by atoms with Gasteiger partial charge in [0, 0.05) is 29.7 Å². The molecule has 1 unspecified atom stereocenters. The van der Waals surface area contributed by atoms with Gasteiger partial charge in [0.05, 0.1) is 0 Å². The van der Waals surface area contributed by atoms with Crippen LogP contribution < -0.4 is 0 Å². The summed E-state index contributed by atoms with van der Waals surface area (Å²) in [5.41, 5.74) is 1.01. The zero-order valence-electron chi connectivity index (χ0n) is 11.5. The molecule has 1 aliphatic heterocycles. The molecule has 1 heterocycles. The molecule has 3 nitrogen and oxygen atoms in total. The SMILES string of the molecule is O=C(C=Cc1ccccc1Br)N1CCCC1CCCO. The molecule has 0 spiro atoms. The maximum Gasteiger partial charge on any atom is 0.246 e. The Hall–Kier alpha value is -1.13. The Kier molecular flexibility index (Phi) is 5.80. The molecule has 1 aliphatic rings. The van der Waals surface area contributed by atoms with Crippen LogP contribution in [0.25, 0.3) is 6.08 Å². The number of benzene rings is 1. The molecule has 1 N–H and O–H groups in total. The minimum Gasteiger partial charge on any atom is -0.396 e. The summed E-state index contributed by atoms with van der Waals surface area (Å²) >= 11 is 3.47. The Labute approximate surface area is 128 Å². The van der Waals surface area contributed by atoms with Crippen molar-refractivity contribution in [3.05, 3.63) is 40.4 Å². The Morgan fingerprint density at radius 2 is 2.25 bits per heavy atom. The predicted octanol–water partition coefficient (Wildman–Crippen LogP) is 3.23. The van der Waals surface area contributed by atoms with Gasteiger partial charge < -0.3 is 10.0 Å². The third-order valence-corrected chi connectivity index (χ3v) is 4.39. The Bertz CT molecular complexity index is 487. The van der Waals surface area contributed by atoms with Gasteiger partial charge >= 0.3 is 0 Å². The summed E-state index contributed by atoms with van der Waals surface area (Å²) in [4.78, 5) is 14.2. The molecule has 20 heavy (non-hydrogen) atoms. The van der Waals surface area contributed by atoms with Crippen LogP contribution in [-0.4, -0.2) is 35.1 Å². The first kappa shape index (κ1) is 15.3. The largest absolute Gasteiger partial charge is 0.396 e. The number of hydrogen-bond donors (Lipinski definition) is 1. The molecule has 0 bridgehead atoms. The number of amides is 1. The number of likely N-dealkylation sites (tertiary alicyclic amines) is 1. The van der Waals surface area contributed by atoms with Crippen molar-refractivity contribution in [1.82, 2.24) is 4.90 Å². The van der Waals surface area contributed by atoms with Gasteiger partial charge in [-0.1, -0.05) is 34.1 Å². The number of halogens is 1. The Balaban J connectivity index is 1.99. The van der Waals surface area contributed by atoms with Gasteiger partial charge in [0.1, 0.15) is 0 Å². The molecule has 1 atom stereocenters. The predicted molar refractivity (Wildman–Crippen MR) is 84.2 cm³/mol. The second-order valence-corrected chi connectivity index (χ2v) is 5.90. The lowest BCUT2D eigenvalue weighted by Gasteiger charge is -2.23. The minimum atomic E-state index is 0.0705. The highest BCUT2D eigenvalue weighted by Gasteiger charge is 2.26. The van der Waals surface area contributed by atoms with Crippen molar-refractivity contribution in [2.45, 2.75) is 31.7 Å². The fourth-order valence-electron chi connectivity index (χ4n) is 2.62. The number of carbonyl (C=O) groups is 1. The van der Waals surface area contributed by atoms with Gasteiger partial charge in [-0.3, -0.25) is 4.79 Å². The summed E-state index contributed by atoms with van der Waals surface area (Å²) in [6, 6.07) is 8.13. The first-order valence-electron chi connectivity index (χ1n) is 7.06. The van der Waals surface area contributed by atoms with Crippen molar-refractivity contribution >= 4 is 27.9 Å². The molecule has 1 fully saturated rings. The number of aliphatic hydroxyl groups excluding tert-OH is 1. The van der Waals surface area contributed by atoms with Gasteiger partial charge in [-0.05, 0) is 43.4 Å². The van der Waals surface area contributed by atoms with Crippen LogP contribution in [-0.2, 0) is 4.79 Å². The summed E-state index contributed by atoms with van der Waals surface area (Å²) in [6.07, 6.45) is 7.28. The van der Waals surface area contributed by atoms with Gasteiger partial charge in [0.2, 0.25) is 5.91 Å². The van der Waals surface area contributed by atoms with E-state index in [2.05, 4.69) is 15.9 Å². The fourth-order valence-corrected chi connectivity index (χ4v) is 3.04. The second-order valence-electron chi connectivity index (χ2n) is 5.05. The van der Waals surface area contributed by atoms with E-state index in [4.69, 9.17) is 5.11 Å². The van der Waals surface area contributed by atoms with E-state index < -0.39 is 0 Å². The summed E-state index contributed by atoms with van der Waals surface area (Å²) < 4.78 is 0.988. The molecule has 0 radical (unpaired) electrons. The Morgan fingerprint density at radius 3 is 3.00 bits per heavy atom. The topological polar surface area (TPSA) is 40.5 Å². The number of aliphatic hydroxyl groups is 1. The van der Waals surface area contributed by atoms with E-state index in [0.29, 0.717) is 6.04 Å². The van der Waals surface area contributed by atoms with E-state index in [1.807, 2.05) is 35.2 Å². The van der Waals surface area contributed by atoms with Gasteiger partial charge in [-0.15, -0.1) is 0 Å². The maximum atomic E-state index is 12.3. The molecular weight excluding hydrogens is 318 g/mol. The minimum absolute atomic E-state index is 0.0705. The highest BCUT2D eigenvalue weighted by atomic mass is 79.9. The zero-order chi connectivity index (χ0) is 14.4. The van der Waals surface area contributed by atoms with E-state index in [9.17, 15) is 4.79 Å². The van der Waals surface area contributed by atoms with E-state index in [1.165, 1.54) is 0 Å². The molecule has 1 aromatic rings. The third-order valence-electron chi connectivity index (χ3n) is 3.67. The molecule has 0 aromatic heterocycles. The smallest absolute Gasteiger partial charge is 0.246 e. The van der Waals surface area contributed by atoms with Crippen molar-refractivity contribution in [2.75, 3.05) is 13.2 Å². The van der Waals surface area contributed by atoms with Crippen molar-refractivity contribution in [3.63, 3.8) is 0 Å². The maximum absolute atomic E-state index is 12.3. The van der Waals surface area contributed by atoms with Crippen LogP contribution >= 0.6 is 15.9 Å². The molecule has 4 heteroatoms. The van der Waals surface area contributed by atoms with E-state index >= 15 is 0 Å². The standard InChI is InChI=1S/C16H20BrNO2/c17-15-8-2-1-5-13(15)9-10-16(20)18-11-3-6-14(18)7-4-12-19/h1-2,5,8-10,14,19H,3-4,6-7,11-12H2. The van der Waals surface area contributed by atoms with E-state index in [1.54, 1.807) is 6.08 Å². The first-order chi connectivity index (χ1) is 9.72. The Morgan fingerprint density at radius 1 is 1.45 bits per heavy atom. The molecule has 0 saturated carbocycles. The highest BCUT2D eigenvalue weighted by molar-refractivity contribution is 9.10. The van der Waals surface area contributed by atoms with Gasteiger partial charge in [0.25, 0.3) is 0 Å². The summed E-state index contributed by atoms with van der Waals surface area (Å²) in [5.74, 6) is 0.0705. The molecule has 2 rings (SSSR count). The van der Waals surface area contributed by atoms with Crippen LogP contribution in [0.15, 0.2) is 34.8 Å². The van der Waals surface area contributed by atoms with Crippen LogP contribution in [0.4, 0.5) is 0 Å². The number of hydrogen-bond acceptors (Lipinski definition) is 2. The number of nitrogens with zero attached hydrogens (tertiary/aromatic N) is 1. The lowest BCUT2D eigenvalue weighted by Crippen LogP contribution is -2.34. The number of carbonyl (C=O) groups excluding carboxylic acids is 1. The van der Waals surface area contributed by atoms with Crippen LogP contribution in [0.3, 0.4) is 0 Å². The first-order valence-corrected chi connectivity index (χ1v) is 7.85. The normalized spacial score (nSPS) is 18.9. The number of rotatable bonds is 5. The molecule has 1 amide bonds. The lowest BCUT2D eigenvalue weighted by atomic mass is 10.1. The molecule has 0 aliphatic carbocycles. The van der Waals surface area contributed by atoms with Gasteiger partial charge in [-0.25, -0.2) is 0 Å². The monoisotopic (exact) mass is 337 g/mol. The van der Waals surface area contributed by atoms with Crippen LogP contribution in [0, 0.1) is 0 Å². The third kappa shape index (κ3) is 3.93. The van der Waals surface area contributed by atoms with Crippen LogP contribution in [0.2, 0.25) is 0 Å². The van der Waals surface area contributed by atoms with Crippen molar-refractivity contribution in [3.8, 4) is 0 Å². The van der Waals surface area contributed by atoms with Crippen molar-refractivity contribution < 1.29 is 9.90 Å². The van der Waals surface area contributed by atoms with Crippen LogP contribution in [0.1, 0.15) is 31.2 Å². The summed E-state index contributed by atoms with van der Waals surface area (Å²) in [6.45, 7) is 1.03. The van der Waals surface area contributed by atoms with Crippen molar-refractivity contribution in [1.29, 1.82) is 0 Å². The average molecular weight is 338 g/mol. The molecular formula is C16H20BrNO2. The average Bonchev–Trinajstić information content (AvgIpc) is 2.92. The van der Waals surface area contributed by atoms with E-state index in [0.717, 1.165) is 42.3 Å². The highest BCUT2D eigenvalue weighted by Crippen LogP contribution is 2.22. The molecule has 1 aromatic carbocycles. The summed E-state index contributed by atoms with van der Waals surface area (Å²) in [7, 11) is 0. The second kappa shape index (κ2) is 7.60. The summed E-state index contributed by atoms with van der Waals surface area (Å²) in [5, 5.41) is 8.91.